The molecule has 1 N–H and O–H groups in total. The number of rotatable bonds is 3. The molecule has 0 aromatic heterocycles. The number of piperazine rings is 1. The van der Waals surface area contributed by atoms with Crippen LogP contribution in [-0.4, -0.2) is 61.4 Å². The molecule has 1 aromatic rings. The topological polar surface area (TPSA) is 52.7 Å². The van der Waals surface area contributed by atoms with Gasteiger partial charge in [0.15, 0.2) is 0 Å². The lowest BCUT2D eigenvalue weighted by atomic mass is 10.1. The van der Waals surface area contributed by atoms with Gasteiger partial charge in [-0.15, -0.1) is 0 Å². The van der Waals surface area contributed by atoms with Gasteiger partial charge in [0.2, 0.25) is 5.91 Å². The molecule has 0 atom stereocenters. The molecule has 1 heterocycles. The molecule has 2 rings (SSSR count). The van der Waals surface area contributed by atoms with Crippen molar-refractivity contribution in [2.45, 2.75) is 6.92 Å². The first kappa shape index (κ1) is 16.0. The van der Waals surface area contributed by atoms with Crippen molar-refractivity contribution in [3.05, 3.63) is 33.8 Å². The van der Waals surface area contributed by atoms with Crippen LogP contribution in [0.1, 0.15) is 15.9 Å². The lowest BCUT2D eigenvalue weighted by Crippen LogP contribution is -2.50. The van der Waals surface area contributed by atoms with E-state index in [1.54, 1.807) is 7.05 Å². The van der Waals surface area contributed by atoms with Gasteiger partial charge in [-0.25, -0.2) is 0 Å². The minimum Gasteiger partial charge on any atom is -0.358 e. The molecule has 114 valence electrons. The molecule has 6 heteroatoms. The number of carbonyl (C=O) groups excluding carboxylic acids is 2. The Labute approximate surface area is 133 Å². The van der Waals surface area contributed by atoms with Crippen LogP contribution in [0.3, 0.4) is 0 Å². The highest BCUT2D eigenvalue weighted by molar-refractivity contribution is 9.10. The summed E-state index contributed by atoms with van der Waals surface area (Å²) in [5.41, 5.74) is 1.81. The SMILES string of the molecule is CNC(=O)CN1CCN(C(=O)c2ccc(C)cc2Br)CC1. The second-order valence-corrected chi connectivity index (χ2v) is 6.08. The van der Waals surface area contributed by atoms with E-state index in [1.807, 2.05) is 30.0 Å². The zero-order chi connectivity index (χ0) is 15.4. The van der Waals surface area contributed by atoms with Gasteiger partial charge in [0.1, 0.15) is 0 Å². The van der Waals surface area contributed by atoms with Crippen LogP contribution in [0, 0.1) is 6.92 Å². The summed E-state index contributed by atoms with van der Waals surface area (Å²) in [6.45, 7) is 5.14. The van der Waals surface area contributed by atoms with E-state index in [2.05, 4.69) is 26.1 Å². The predicted octanol–water partition coefficient (Wildman–Crippen LogP) is 1.26. The number of carbonyl (C=O) groups is 2. The maximum atomic E-state index is 12.5. The lowest BCUT2D eigenvalue weighted by Gasteiger charge is -2.34. The normalized spacial score (nSPS) is 15.9. The Bertz CT molecular complexity index is 540. The molecule has 1 fully saturated rings. The van der Waals surface area contributed by atoms with Crippen molar-refractivity contribution in [3.63, 3.8) is 0 Å². The molecular formula is C15H20BrN3O2. The van der Waals surface area contributed by atoms with E-state index in [9.17, 15) is 9.59 Å². The van der Waals surface area contributed by atoms with Gasteiger partial charge in [-0.3, -0.25) is 14.5 Å². The van der Waals surface area contributed by atoms with E-state index in [0.29, 0.717) is 25.2 Å². The Morgan fingerprint density at radius 2 is 1.90 bits per heavy atom. The van der Waals surface area contributed by atoms with E-state index in [1.165, 1.54) is 0 Å². The van der Waals surface area contributed by atoms with Crippen molar-refractivity contribution in [2.24, 2.45) is 0 Å². The molecule has 1 aliphatic heterocycles. The Balaban J connectivity index is 1.95. The fraction of sp³-hybridized carbons (Fsp3) is 0.467. The first-order valence-electron chi connectivity index (χ1n) is 6.99. The number of hydrogen-bond acceptors (Lipinski definition) is 3. The van der Waals surface area contributed by atoms with Gasteiger partial charge in [0.25, 0.3) is 5.91 Å². The summed E-state index contributed by atoms with van der Waals surface area (Å²) in [6.07, 6.45) is 0. The maximum absolute atomic E-state index is 12.5. The standard InChI is InChI=1S/C15H20BrN3O2/c1-11-3-4-12(13(16)9-11)15(21)19-7-5-18(6-8-19)10-14(20)17-2/h3-4,9H,5-8,10H2,1-2H3,(H,17,20). The van der Waals surface area contributed by atoms with Crippen LogP contribution >= 0.6 is 15.9 Å². The maximum Gasteiger partial charge on any atom is 0.255 e. The average Bonchev–Trinajstić information content (AvgIpc) is 2.47. The van der Waals surface area contributed by atoms with E-state index >= 15 is 0 Å². The van der Waals surface area contributed by atoms with Crippen LogP contribution in [0.4, 0.5) is 0 Å². The third-order valence-electron chi connectivity index (χ3n) is 3.66. The second-order valence-electron chi connectivity index (χ2n) is 5.22. The molecule has 0 saturated carbocycles. The van der Waals surface area contributed by atoms with Crippen molar-refractivity contribution in [1.29, 1.82) is 0 Å². The molecule has 1 saturated heterocycles. The molecule has 0 radical (unpaired) electrons. The molecule has 0 spiro atoms. The summed E-state index contributed by atoms with van der Waals surface area (Å²) in [7, 11) is 1.64. The predicted molar refractivity (Wildman–Crippen MR) is 85.3 cm³/mol. The Kier molecular flexibility index (Phi) is 5.36. The minimum atomic E-state index is 0.0102. The molecule has 1 aliphatic rings. The molecule has 1 aromatic carbocycles. The fourth-order valence-electron chi connectivity index (χ4n) is 2.36. The number of benzene rings is 1. The molecule has 0 unspecified atom stereocenters. The molecule has 2 amide bonds. The quantitative estimate of drug-likeness (QED) is 0.889. The smallest absolute Gasteiger partial charge is 0.255 e. The summed E-state index contributed by atoms with van der Waals surface area (Å²) in [5.74, 6) is 0.0533. The van der Waals surface area contributed by atoms with Crippen LogP contribution in [0.15, 0.2) is 22.7 Å². The summed E-state index contributed by atoms with van der Waals surface area (Å²) in [6, 6.07) is 5.76. The van der Waals surface area contributed by atoms with Crippen molar-refractivity contribution >= 4 is 27.7 Å². The van der Waals surface area contributed by atoms with Gasteiger partial charge in [-0.2, -0.15) is 0 Å². The Morgan fingerprint density at radius 3 is 2.48 bits per heavy atom. The monoisotopic (exact) mass is 353 g/mol. The van der Waals surface area contributed by atoms with Crippen molar-refractivity contribution in [1.82, 2.24) is 15.1 Å². The summed E-state index contributed by atoms with van der Waals surface area (Å²) < 4.78 is 0.834. The zero-order valence-corrected chi connectivity index (χ0v) is 13.9. The number of halogens is 1. The van der Waals surface area contributed by atoms with E-state index in [-0.39, 0.29) is 11.8 Å². The van der Waals surface area contributed by atoms with Crippen molar-refractivity contribution in [2.75, 3.05) is 39.8 Å². The molecule has 0 bridgehead atoms. The van der Waals surface area contributed by atoms with Gasteiger partial charge in [0, 0.05) is 37.7 Å². The highest BCUT2D eigenvalue weighted by Crippen LogP contribution is 2.20. The van der Waals surface area contributed by atoms with Gasteiger partial charge in [0.05, 0.1) is 12.1 Å². The Morgan fingerprint density at radius 1 is 1.24 bits per heavy atom. The zero-order valence-electron chi connectivity index (χ0n) is 12.4. The molecule has 5 nitrogen and oxygen atoms in total. The largest absolute Gasteiger partial charge is 0.358 e. The number of aryl methyl sites for hydroxylation is 1. The number of likely N-dealkylation sites (N-methyl/N-ethyl adjacent to an activating group) is 1. The molecule has 21 heavy (non-hydrogen) atoms. The molecular weight excluding hydrogens is 334 g/mol. The summed E-state index contributed by atoms with van der Waals surface area (Å²) in [4.78, 5) is 27.8. The summed E-state index contributed by atoms with van der Waals surface area (Å²) >= 11 is 3.46. The van der Waals surface area contributed by atoms with Crippen LogP contribution in [0.25, 0.3) is 0 Å². The van der Waals surface area contributed by atoms with E-state index < -0.39 is 0 Å². The lowest BCUT2D eigenvalue weighted by molar-refractivity contribution is -0.122. The second kappa shape index (κ2) is 7.04. The average molecular weight is 354 g/mol. The van der Waals surface area contributed by atoms with Crippen LogP contribution in [0.2, 0.25) is 0 Å². The highest BCUT2D eigenvalue weighted by Gasteiger charge is 2.24. The van der Waals surface area contributed by atoms with Crippen molar-refractivity contribution < 1.29 is 9.59 Å². The van der Waals surface area contributed by atoms with Crippen LogP contribution < -0.4 is 5.32 Å². The minimum absolute atomic E-state index is 0.0102. The van der Waals surface area contributed by atoms with E-state index in [4.69, 9.17) is 0 Å². The Hall–Kier alpha value is -1.40. The number of nitrogens with one attached hydrogen (secondary N) is 1. The third kappa shape index (κ3) is 4.04. The number of nitrogens with zero attached hydrogens (tertiary/aromatic N) is 2. The van der Waals surface area contributed by atoms with Gasteiger partial charge in [-0.05, 0) is 40.5 Å². The van der Waals surface area contributed by atoms with E-state index in [0.717, 1.165) is 23.1 Å². The highest BCUT2D eigenvalue weighted by atomic mass is 79.9. The fourth-order valence-corrected chi connectivity index (χ4v) is 3.02. The van der Waals surface area contributed by atoms with Crippen LogP contribution in [0.5, 0.6) is 0 Å². The van der Waals surface area contributed by atoms with Gasteiger partial charge < -0.3 is 10.2 Å². The van der Waals surface area contributed by atoms with Gasteiger partial charge in [-0.1, -0.05) is 6.07 Å². The number of hydrogen-bond donors (Lipinski definition) is 1. The van der Waals surface area contributed by atoms with Crippen LogP contribution in [-0.2, 0) is 4.79 Å². The molecule has 0 aliphatic carbocycles. The van der Waals surface area contributed by atoms with Crippen molar-refractivity contribution in [3.8, 4) is 0 Å². The first-order chi connectivity index (χ1) is 10.0. The third-order valence-corrected chi connectivity index (χ3v) is 4.32. The summed E-state index contributed by atoms with van der Waals surface area (Å²) in [5, 5.41) is 2.62. The first-order valence-corrected chi connectivity index (χ1v) is 7.79. The van der Waals surface area contributed by atoms with Gasteiger partial charge >= 0.3 is 0 Å². The number of amides is 2.